The van der Waals surface area contributed by atoms with E-state index in [2.05, 4.69) is 0 Å². The third-order valence-corrected chi connectivity index (χ3v) is 1.67. The van der Waals surface area contributed by atoms with Crippen molar-refractivity contribution in [2.45, 2.75) is 0 Å². The van der Waals surface area contributed by atoms with Crippen molar-refractivity contribution in [2.24, 2.45) is 0 Å². The van der Waals surface area contributed by atoms with Crippen molar-refractivity contribution in [3.8, 4) is 0 Å². The monoisotopic (exact) mass is 214 g/mol. The van der Waals surface area contributed by atoms with Crippen molar-refractivity contribution < 1.29 is 3.74 Å². The third kappa shape index (κ3) is 6.47. The molecule has 2 radical (unpaired) electrons. The fourth-order valence-electron chi connectivity index (χ4n) is 0.173. The quantitative estimate of drug-likeness (QED) is 0.456. The molecule has 0 saturated heterocycles. The van der Waals surface area contributed by atoms with Crippen LogP contribution in [-0.2, 0) is 3.74 Å². The Kier molecular flexibility index (Phi) is 6.91. The summed E-state index contributed by atoms with van der Waals surface area (Å²) in [6.45, 7) is 0. The van der Waals surface area contributed by atoms with Crippen LogP contribution in [0.3, 0.4) is 0 Å². The van der Waals surface area contributed by atoms with Crippen LogP contribution < -0.4 is 0 Å². The molecule has 36 valence electrons. The van der Waals surface area contributed by atoms with E-state index in [-0.39, 0.29) is 0 Å². The molecule has 0 aliphatic heterocycles. The van der Waals surface area contributed by atoms with Gasteiger partial charge in [0, 0.05) is 0 Å². The molecular weight excluding hydrogens is 209 g/mol. The number of allylic oxidation sites excluding steroid dienone is 2. The van der Waals surface area contributed by atoms with E-state index in [1.807, 2.05) is 16.8 Å². The predicted octanol–water partition coefficient (Wildman–Crippen LogP) is -0.303. The molecule has 0 bridgehead atoms. The molecule has 1 nitrogen and oxygen atoms in total. The standard InChI is InChI=1S/C4H5AsO.Ga.H/c1-2-3-4-5-6;;/h1-5H;;. The van der Waals surface area contributed by atoms with Crippen LogP contribution in [0.1, 0.15) is 0 Å². The molecule has 0 rings (SSSR count). The summed E-state index contributed by atoms with van der Waals surface area (Å²) in [4.78, 5) is 1.71. The van der Waals surface area contributed by atoms with Crippen molar-refractivity contribution in [3.05, 3.63) is 21.6 Å². The summed E-state index contributed by atoms with van der Waals surface area (Å²) < 4.78 is 11.8. The summed E-state index contributed by atoms with van der Waals surface area (Å²) in [5.41, 5.74) is 0. The molecule has 0 amide bonds. The molecule has 0 saturated carbocycles. The first-order valence-corrected chi connectivity index (χ1v) is 5.68. The first-order chi connectivity index (χ1) is 3.41. The van der Waals surface area contributed by atoms with Crippen LogP contribution in [0.15, 0.2) is 21.6 Å². The van der Waals surface area contributed by atoms with Crippen LogP contribution in [0, 0.1) is 0 Å². The van der Waals surface area contributed by atoms with E-state index in [0.717, 1.165) is 0 Å². The Morgan fingerprint density at radius 1 is 1.43 bits per heavy atom. The van der Waals surface area contributed by atoms with Gasteiger partial charge in [-0.15, -0.1) is 0 Å². The molecule has 7 heavy (non-hydrogen) atoms. The molecule has 0 aromatic carbocycles. The summed E-state index contributed by atoms with van der Waals surface area (Å²) in [6, 6.07) is 0. The van der Waals surface area contributed by atoms with Gasteiger partial charge in [-0.05, 0) is 0 Å². The summed E-state index contributed by atoms with van der Waals surface area (Å²) in [5, 5.41) is 0. The summed E-state index contributed by atoms with van der Waals surface area (Å²) in [5.74, 6) is 0. The Bertz CT molecular complexity index is 97.9. The van der Waals surface area contributed by atoms with Gasteiger partial charge in [-0.3, -0.25) is 0 Å². The zero-order chi connectivity index (χ0) is 5.54. The molecule has 1 atom stereocenters. The van der Waals surface area contributed by atoms with Gasteiger partial charge in [-0.2, -0.15) is 0 Å². The zero-order valence-electron chi connectivity index (χ0n) is 3.92. The molecule has 0 aliphatic rings. The van der Waals surface area contributed by atoms with Crippen molar-refractivity contribution in [3.63, 3.8) is 0 Å². The fraction of sp³-hybridized carbons (Fsp3) is 0. The second-order valence-corrected chi connectivity index (χ2v) is 3.09. The van der Waals surface area contributed by atoms with Gasteiger partial charge in [-0.1, -0.05) is 0 Å². The van der Waals surface area contributed by atoms with Gasteiger partial charge in [0.25, 0.3) is 0 Å². The Hall–Kier alpha value is 0.475. The Balaban J connectivity index is 3.27. The molecular formula is C4H6AsGaO. The van der Waals surface area contributed by atoms with Gasteiger partial charge in [0.2, 0.25) is 0 Å². The zero-order valence-corrected chi connectivity index (χ0v) is 8.99. The average Bonchev–Trinajstić information content (AvgIpc) is 1.69. The molecule has 1 unspecified atom stereocenters. The van der Waals surface area contributed by atoms with Crippen LogP contribution in [-0.4, -0.2) is 34.3 Å². The summed E-state index contributed by atoms with van der Waals surface area (Å²) in [7, 11) is 0. The van der Waals surface area contributed by atoms with Gasteiger partial charge in [0.1, 0.15) is 0 Å². The van der Waals surface area contributed by atoms with Crippen LogP contribution in [0.5, 0.6) is 0 Å². The van der Waals surface area contributed by atoms with Crippen molar-refractivity contribution in [1.29, 1.82) is 0 Å². The van der Waals surface area contributed by atoms with Crippen LogP contribution >= 0.6 is 0 Å². The molecule has 0 spiro atoms. The molecule has 0 aromatic rings. The van der Waals surface area contributed by atoms with E-state index < -0.39 is 15.7 Å². The van der Waals surface area contributed by atoms with E-state index in [9.17, 15) is 3.74 Å². The van der Waals surface area contributed by atoms with Crippen LogP contribution in [0.25, 0.3) is 0 Å². The van der Waals surface area contributed by atoms with Gasteiger partial charge in [-0.25, -0.2) is 0 Å². The minimum atomic E-state index is -0.978. The Morgan fingerprint density at radius 2 is 2.14 bits per heavy atom. The number of hydrogen-bond donors (Lipinski definition) is 0. The normalized spacial score (nSPS) is 12.0. The second-order valence-electron chi connectivity index (χ2n) is 0.905. The van der Waals surface area contributed by atoms with E-state index in [0.29, 0.717) is 0 Å². The van der Waals surface area contributed by atoms with Crippen LogP contribution in [0.4, 0.5) is 0 Å². The van der Waals surface area contributed by atoms with Crippen LogP contribution in [0.2, 0.25) is 0 Å². The number of hydrogen-bond acceptors (Lipinski definition) is 1. The first-order valence-electron chi connectivity index (χ1n) is 1.90. The van der Waals surface area contributed by atoms with E-state index in [1.165, 1.54) is 18.6 Å². The topological polar surface area (TPSA) is 17.1 Å². The molecule has 3 heteroatoms. The summed E-state index contributed by atoms with van der Waals surface area (Å²) >= 11 is 0.192. The molecule has 0 aliphatic carbocycles. The molecule has 0 fully saturated rings. The van der Waals surface area contributed by atoms with Gasteiger partial charge >= 0.3 is 59.7 Å². The van der Waals surface area contributed by atoms with Crippen molar-refractivity contribution in [1.82, 2.24) is 0 Å². The molecule has 0 N–H and O–H groups in total. The van der Waals surface area contributed by atoms with E-state index in [4.69, 9.17) is 0 Å². The Morgan fingerprint density at radius 3 is 2.57 bits per heavy atom. The number of rotatable bonds is 2. The Labute approximate surface area is 59.7 Å². The van der Waals surface area contributed by atoms with Gasteiger partial charge < -0.3 is 0 Å². The van der Waals surface area contributed by atoms with E-state index >= 15 is 0 Å². The van der Waals surface area contributed by atoms with E-state index in [1.54, 1.807) is 4.86 Å². The van der Waals surface area contributed by atoms with Crippen molar-refractivity contribution >= 4 is 34.3 Å². The second kappa shape index (κ2) is 6.47. The molecule has 0 aromatic heterocycles. The van der Waals surface area contributed by atoms with Gasteiger partial charge in [0.05, 0.1) is 0 Å². The van der Waals surface area contributed by atoms with Gasteiger partial charge in [0.15, 0.2) is 0 Å². The first kappa shape index (κ1) is 7.47. The summed E-state index contributed by atoms with van der Waals surface area (Å²) in [6.07, 6.45) is 3.75. The maximum atomic E-state index is 9.82. The third-order valence-electron chi connectivity index (χ3n) is 0.411. The molecule has 0 heterocycles. The fourth-order valence-corrected chi connectivity index (χ4v) is 0.901. The predicted molar refractivity (Wildman–Crippen MR) is 33.3 cm³/mol. The van der Waals surface area contributed by atoms with Crippen molar-refractivity contribution in [2.75, 3.05) is 0 Å². The maximum absolute atomic E-state index is 9.82. The average molecular weight is 215 g/mol. The SMILES string of the molecule is O=[AsH]C=CC=[CH][GaH]. The minimum absolute atomic E-state index is 0.978.